The predicted molar refractivity (Wildman–Crippen MR) is 75.8 cm³/mol. The molecule has 0 aliphatic carbocycles. The fourth-order valence-corrected chi connectivity index (χ4v) is 2.30. The Balaban J connectivity index is 2.26. The zero-order chi connectivity index (χ0) is 13.7. The largest absolute Gasteiger partial charge is 0.464 e. The lowest BCUT2D eigenvalue weighted by molar-refractivity contribution is 0.311. The summed E-state index contributed by atoms with van der Waals surface area (Å²) in [6.07, 6.45) is 3.66. The molecule has 1 unspecified atom stereocenters. The van der Waals surface area contributed by atoms with Crippen molar-refractivity contribution in [2.45, 2.75) is 46.1 Å². The zero-order valence-electron chi connectivity index (χ0n) is 12.0. The van der Waals surface area contributed by atoms with Crippen LogP contribution in [0.2, 0.25) is 0 Å². The maximum Gasteiger partial charge on any atom is 0.323 e. The lowest BCUT2D eigenvalue weighted by atomic mass is 10.0. The third-order valence-corrected chi connectivity index (χ3v) is 3.27. The average Bonchev–Trinajstić information content (AvgIpc) is 2.40. The van der Waals surface area contributed by atoms with Crippen LogP contribution in [-0.2, 0) is 0 Å². The van der Waals surface area contributed by atoms with Crippen LogP contribution in [0.25, 0.3) is 0 Å². The summed E-state index contributed by atoms with van der Waals surface area (Å²) in [5.41, 5.74) is 0. The summed E-state index contributed by atoms with van der Waals surface area (Å²) in [4.78, 5) is 15.4. The molecule has 1 saturated heterocycles. The minimum absolute atomic E-state index is 0.404. The monoisotopic (exact) mass is 265 g/mol. The van der Waals surface area contributed by atoms with E-state index < -0.39 is 0 Å². The molecular formula is C13H23N5O. The van der Waals surface area contributed by atoms with Crippen molar-refractivity contribution >= 4 is 11.9 Å². The van der Waals surface area contributed by atoms with Gasteiger partial charge in [-0.15, -0.1) is 0 Å². The molecule has 6 heteroatoms. The third-order valence-electron chi connectivity index (χ3n) is 3.27. The van der Waals surface area contributed by atoms with Crippen molar-refractivity contribution in [2.24, 2.45) is 0 Å². The van der Waals surface area contributed by atoms with Gasteiger partial charge >= 0.3 is 6.01 Å². The van der Waals surface area contributed by atoms with E-state index in [9.17, 15) is 0 Å². The second-order valence-electron chi connectivity index (χ2n) is 4.74. The molecule has 0 saturated carbocycles. The Morgan fingerprint density at radius 1 is 1.26 bits per heavy atom. The fraction of sp³-hybridized carbons (Fsp3) is 0.769. The summed E-state index contributed by atoms with van der Waals surface area (Å²) >= 11 is 0. The Morgan fingerprint density at radius 3 is 2.79 bits per heavy atom. The quantitative estimate of drug-likeness (QED) is 0.879. The summed E-state index contributed by atoms with van der Waals surface area (Å²) in [5.74, 6) is 1.32. The number of nitrogens with one attached hydrogen (secondary N) is 1. The van der Waals surface area contributed by atoms with Crippen LogP contribution >= 0.6 is 0 Å². The van der Waals surface area contributed by atoms with Gasteiger partial charge in [0.1, 0.15) is 0 Å². The van der Waals surface area contributed by atoms with E-state index in [2.05, 4.69) is 32.1 Å². The van der Waals surface area contributed by atoms with Gasteiger partial charge in [-0.1, -0.05) is 0 Å². The molecule has 6 nitrogen and oxygen atoms in total. The maximum atomic E-state index is 5.43. The topological polar surface area (TPSA) is 63.2 Å². The second kappa shape index (κ2) is 6.54. The normalized spacial score (nSPS) is 19.3. The molecule has 0 radical (unpaired) electrons. The Hall–Kier alpha value is -1.59. The van der Waals surface area contributed by atoms with E-state index in [1.165, 1.54) is 19.3 Å². The molecule has 1 aromatic heterocycles. The van der Waals surface area contributed by atoms with Crippen LogP contribution in [0.4, 0.5) is 11.9 Å². The highest BCUT2D eigenvalue weighted by Gasteiger charge is 2.22. The first-order chi connectivity index (χ1) is 9.24. The molecule has 1 atom stereocenters. The molecule has 0 aromatic carbocycles. The predicted octanol–water partition coefficient (Wildman–Crippen LogP) is 2.08. The van der Waals surface area contributed by atoms with E-state index in [0.29, 0.717) is 24.6 Å². The van der Waals surface area contributed by atoms with Crippen LogP contribution in [0, 0.1) is 0 Å². The van der Waals surface area contributed by atoms with E-state index in [1.54, 1.807) is 0 Å². The summed E-state index contributed by atoms with van der Waals surface area (Å²) < 4.78 is 5.43. The minimum Gasteiger partial charge on any atom is -0.464 e. The Bertz CT molecular complexity index is 388. The number of ether oxygens (including phenoxy) is 1. The summed E-state index contributed by atoms with van der Waals surface area (Å²) in [5, 5.41) is 3.13. The SMILES string of the molecule is CCNc1nc(OCC)nc(N2CCCCC2C)n1. The molecule has 0 amide bonds. The fourth-order valence-electron chi connectivity index (χ4n) is 2.30. The number of aromatic nitrogens is 3. The first-order valence-corrected chi connectivity index (χ1v) is 7.14. The van der Waals surface area contributed by atoms with Gasteiger partial charge in [0.15, 0.2) is 0 Å². The Morgan fingerprint density at radius 2 is 2.11 bits per heavy atom. The highest BCUT2D eigenvalue weighted by atomic mass is 16.5. The average molecular weight is 265 g/mol. The van der Waals surface area contributed by atoms with Crippen molar-refractivity contribution in [1.29, 1.82) is 0 Å². The number of nitrogens with zero attached hydrogens (tertiary/aromatic N) is 4. The van der Waals surface area contributed by atoms with Crippen LogP contribution in [-0.4, -0.2) is 40.7 Å². The first kappa shape index (κ1) is 13.8. The zero-order valence-corrected chi connectivity index (χ0v) is 12.0. The highest BCUT2D eigenvalue weighted by Crippen LogP contribution is 2.23. The summed E-state index contributed by atoms with van der Waals surface area (Å²) in [7, 11) is 0. The van der Waals surface area contributed by atoms with Crippen LogP contribution in [0.15, 0.2) is 0 Å². The molecule has 1 aliphatic heterocycles. The van der Waals surface area contributed by atoms with Crippen molar-refractivity contribution < 1.29 is 4.74 Å². The van der Waals surface area contributed by atoms with Gasteiger partial charge in [0.2, 0.25) is 11.9 Å². The number of hydrogen-bond acceptors (Lipinski definition) is 6. The number of hydrogen-bond donors (Lipinski definition) is 1. The molecule has 2 rings (SSSR count). The van der Waals surface area contributed by atoms with Gasteiger partial charge < -0.3 is 15.0 Å². The van der Waals surface area contributed by atoms with Crippen molar-refractivity contribution in [3.8, 4) is 6.01 Å². The van der Waals surface area contributed by atoms with Crippen molar-refractivity contribution in [2.75, 3.05) is 29.9 Å². The number of rotatable bonds is 5. The lowest BCUT2D eigenvalue weighted by Gasteiger charge is -2.33. The lowest BCUT2D eigenvalue weighted by Crippen LogP contribution is -2.38. The minimum atomic E-state index is 0.404. The van der Waals surface area contributed by atoms with Crippen molar-refractivity contribution in [1.82, 2.24) is 15.0 Å². The molecule has 106 valence electrons. The molecule has 0 bridgehead atoms. The van der Waals surface area contributed by atoms with Gasteiger partial charge in [0, 0.05) is 19.1 Å². The van der Waals surface area contributed by atoms with E-state index in [0.717, 1.165) is 19.0 Å². The Labute approximate surface area is 114 Å². The van der Waals surface area contributed by atoms with E-state index in [-0.39, 0.29) is 0 Å². The molecule has 1 fully saturated rings. The molecule has 1 N–H and O–H groups in total. The molecule has 1 aliphatic rings. The van der Waals surface area contributed by atoms with Gasteiger partial charge in [0.25, 0.3) is 0 Å². The first-order valence-electron chi connectivity index (χ1n) is 7.14. The number of anilines is 2. The van der Waals surface area contributed by atoms with Crippen LogP contribution < -0.4 is 15.0 Å². The second-order valence-corrected chi connectivity index (χ2v) is 4.74. The maximum absolute atomic E-state index is 5.43. The van der Waals surface area contributed by atoms with Gasteiger partial charge in [-0.2, -0.15) is 15.0 Å². The van der Waals surface area contributed by atoms with Crippen molar-refractivity contribution in [3.05, 3.63) is 0 Å². The highest BCUT2D eigenvalue weighted by molar-refractivity contribution is 5.39. The van der Waals surface area contributed by atoms with Crippen LogP contribution in [0.5, 0.6) is 6.01 Å². The van der Waals surface area contributed by atoms with Crippen molar-refractivity contribution in [3.63, 3.8) is 0 Å². The summed E-state index contributed by atoms with van der Waals surface area (Å²) in [6.45, 7) is 8.51. The molecule has 0 spiro atoms. The molecular weight excluding hydrogens is 242 g/mol. The molecule has 1 aromatic rings. The van der Waals surface area contributed by atoms with Crippen LogP contribution in [0.3, 0.4) is 0 Å². The summed E-state index contributed by atoms with van der Waals surface area (Å²) in [6, 6.07) is 0.876. The smallest absolute Gasteiger partial charge is 0.323 e. The van der Waals surface area contributed by atoms with E-state index in [1.807, 2.05) is 13.8 Å². The van der Waals surface area contributed by atoms with E-state index in [4.69, 9.17) is 4.74 Å². The standard InChI is InChI=1S/C13H23N5O/c1-4-14-11-15-12(17-13(16-11)19-5-2)18-9-7-6-8-10(18)3/h10H,4-9H2,1-3H3,(H,14,15,16,17). The molecule has 2 heterocycles. The van der Waals surface area contributed by atoms with Gasteiger partial charge in [0.05, 0.1) is 6.61 Å². The van der Waals surface area contributed by atoms with Gasteiger partial charge in [-0.3, -0.25) is 0 Å². The van der Waals surface area contributed by atoms with E-state index >= 15 is 0 Å². The third kappa shape index (κ3) is 3.45. The van der Waals surface area contributed by atoms with Gasteiger partial charge in [-0.05, 0) is 40.0 Å². The van der Waals surface area contributed by atoms with Crippen LogP contribution in [0.1, 0.15) is 40.0 Å². The molecule has 19 heavy (non-hydrogen) atoms. The Kier molecular flexibility index (Phi) is 4.76. The number of piperidine rings is 1. The van der Waals surface area contributed by atoms with Gasteiger partial charge in [-0.25, -0.2) is 0 Å².